The number of amides is 1. The van der Waals surface area contributed by atoms with Gasteiger partial charge in [-0.2, -0.15) is 0 Å². The summed E-state index contributed by atoms with van der Waals surface area (Å²) in [6.45, 7) is 2.18. The first-order valence-corrected chi connectivity index (χ1v) is 11.2. The number of aromatic nitrogens is 2. The van der Waals surface area contributed by atoms with E-state index >= 15 is 0 Å². The van der Waals surface area contributed by atoms with Gasteiger partial charge in [-0.1, -0.05) is 49.4 Å². The van der Waals surface area contributed by atoms with Crippen LogP contribution in [-0.4, -0.2) is 21.2 Å². The van der Waals surface area contributed by atoms with E-state index in [4.69, 9.17) is 0 Å². The lowest BCUT2D eigenvalue weighted by atomic mass is 10.1. The molecule has 4 rings (SSSR count). The zero-order valence-corrected chi connectivity index (χ0v) is 17.4. The number of hydrogen-bond donors (Lipinski definition) is 1. The molecule has 5 nitrogen and oxygen atoms in total. The number of fused-ring (bicyclic) bond motifs is 1. The van der Waals surface area contributed by atoms with Gasteiger partial charge in [-0.05, 0) is 55.5 Å². The molecular weight excluding hydrogens is 382 g/mol. The fraction of sp³-hybridized carbons (Fsp3) is 0.348. The lowest BCUT2D eigenvalue weighted by molar-refractivity contribution is -0.113. The number of thioether (sulfide) groups is 1. The van der Waals surface area contributed by atoms with Crippen molar-refractivity contribution in [2.75, 3.05) is 11.1 Å². The van der Waals surface area contributed by atoms with E-state index < -0.39 is 0 Å². The third kappa shape index (κ3) is 4.70. The zero-order chi connectivity index (χ0) is 20.2. The smallest absolute Gasteiger partial charge is 0.262 e. The maximum atomic E-state index is 12.9. The van der Waals surface area contributed by atoms with Crippen LogP contribution in [0, 0.1) is 0 Å². The number of aryl methyl sites for hydroxylation is 1. The summed E-state index contributed by atoms with van der Waals surface area (Å²) in [7, 11) is 0. The average Bonchev–Trinajstić information content (AvgIpc) is 3.57. The monoisotopic (exact) mass is 407 g/mol. The summed E-state index contributed by atoms with van der Waals surface area (Å²) in [5, 5.41) is 4.20. The molecule has 1 fully saturated rings. The van der Waals surface area contributed by atoms with Gasteiger partial charge < -0.3 is 5.32 Å². The molecule has 150 valence electrons. The molecule has 1 aliphatic carbocycles. The molecule has 6 heteroatoms. The van der Waals surface area contributed by atoms with E-state index in [1.165, 1.54) is 30.2 Å². The number of benzene rings is 2. The topological polar surface area (TPSA) is 64.0 Å². The molecule has 0 aliphatic heterocycles. The van der Waals surface area contributed by atoms with Crippen LogP contribution < -0.4 is 10.9 Å². The van der Waals surface area contributed by atoms with Gasteiger partial charge in [0, 0.05) is 11.7 Å². The van der Waals surface area contributed by atoms with Gasteiger partial charge in [0.05, 0.1) is 16.7 Å². The summed E-state index contributed by atoms with van der Waals surface area (Å²) in [6.07, 6.45) is 5.38. The van der Waals surface area contributed by atoms with E-state index in [1.807, 2.05) is 36.4 Å². The predicted octanol–water partition coefficient (Wildman–Crippen LogP) is 4.80. The molecule has 0 bridgehead atoms. The summed E-state index contributed by atoms with van der Waals surface area (Å²) < 4.78 is 1.77. The molecule has 0 radical (unpaired) electrons. The zero-order valence-electron chi connectivity index (χ0n) is 16.6. The lowest BCUT2D eigenvalue weighted by Gasteiger charge is -2.12. The van der Waals surface area contributed by atoms with Crippen molar-refractivity contribution < 1.29 is 4.79 Å². The predicted molar refractivity (Wildman–Crippen MR) is 119 cm³/mol. The second-order valence-electron chi connectivity index (χ2n) is 7.46. The van der Waals surface area contributed by atoms with Crippen molar-refractivity contribution in [1.82, 2.24) is 9.55 Å². The molecule has 0 unspecified atom stereocenters. The van der Waals surface area contributed by atoms with Crippen molar-refractivity contribution in [3.05, 3.63) is 64.4 Å². The van der Waals surface area contributed by atoms with Crippen LogP contribution in [0.15, 0.2) is 58.5 Å². The Hall–Kier alpha value is -2.60. The van der Waals surface area contributed by atoms with Crippen molar-refractivity contribution in [3.8, 4) is 0 Å². The molecule has 1 heterocycles. The van der Waals surface area contributed by atoms with E-state index in [2.05, 4.69) is 29.4 Å². The molecule has 29 heavy (non-hydrogen) atoms. The summed E-state index contributed by atoms with van der Waals surface area (Å²) in [4.78, 5) is 30.0. The number of rotatable bonds is 8. The van der Waals surface area contributed by atoms with Crippen LogP contribution in [0.25, 0.3) is 10.9 Å². The van der Waals surface area contributed by atoms with Crippen molar-refractivity contribution >= 4 is 34.3 Å². The molecule has 3 aromatic rings. The second-order valence-corrected chi connectivity index (χ2v) is 8.40. The minimum Gasteiger partial charge on any atom is -0.325 e. The number of anilines is 1. The maximum absolute atomic E-state index is 12.9. The summed E-state index contributed by atoms with van der Waals surface area (Å²) in [5.41, 5.74) is 2.75. The molecule has 1 amide bonds. The van der Waals surface area contributed by atoms with Crippen LogP contribution in [0.4, 0.5) is 5.69 Å². The van der Waals surface area contributed by atoms with Gasteiger partial charge in [-0.25, -0.2) is 4.98 Å². The number of nitrogens with zero attached hydrogens (tertiary/aromatic N) is 2. The van der Waals surface area contributed by atoms with Crippen molar-refractivity contribution in [2.24, 2.45) is 0 Å². The Labute approximate surface area is 174 Å². The molecule has 0 saturated heterocycles. The minimum atomic E-state index is -0.0962. The normalized spacial score (nSPS) is 13.6. The van der Waals surface area contributed by atoms with Crippen molar-refractivity contribution in [3.63, 3.8) is 0 Å². The Morgan fingerprint density at radius 2 is 1.93 bits per heavy atom. The Morgan fingerprint density at radius 3 is 2.66 bits per heavy atom. The maximum Gasteiger partial charge on any atom is 0.262 e. The fourth-order valence-corrected chi connectivity index (χ4v) is 4.21. The number of unbranched alkanes of at least 4 members (excludes halogenated alkanes) is 1. The summed E-state index contributed by atoms with van der Waals surface area (Å²) in [6, 6.07) is 15.6. The fourth-order valence-electron chi connectivity index (χ4n) is 3.34. The van der Waals surface area contributed by atoms with E-state index in [1.54, 1.807) is 4.57 Å². The van der Waals surface area contributed by atoms with Crippen LogP contribution >= 0.6 is 11.8 Å². The van der Waals surface area contributed by atoms with Crippen LogP contribution in [0.1, 0.15) is 44.2 Å². The van der Waals surface area contributed by atoms with Crippen LogP contribution in [0.2, 0.25) is 0 Å². The highest BCUT2D eigenvalue weighted by Gasteiger charge is 2.28. The third-order valence-corrected chi connectivity index (χ3v) is 6.03. The highest BCUT2D eigenvalue weighted by atomic mass is 32.2. The second kappa shape index (κ2) is 8.82. The molecule has 2 aromatic carbocycles. The molecule has 1 aliphatic rings. The first-order chi connectivity index (χ1) is 14.2. The molecule has 1 N–H and O–H groups in total. The van der Waals surface area contributed by atoms with Crippen LogP contribution in [0.5, 0.6) is 0 Å². The first-order valence-electron chi connectivity index (χ1n) is 10.2. The minimum absolute atomic E-state index is 0.0105. The molecule has 1 saturated carbocycles. The van der Waals surface area contributed by atoms with E-state index in [0.29, 0.717) is 16.1 Å². The molecule has 0 spiro atoms. The summed E-state index contributed by atoms with van der Waals surface area (Å²) >= 11 is 1.33. The lowest BCUT2D eigenvalue weighted by Crippen LogP contribution is -2.23. The largest absolute Gasteiger partial charge is 0.325 e. The van der Waals surface area contributed by atoms with Gasteiger partial charge >= 0.3 is 0 Å². The number of para-hydroxylation sites is 1. The average molecular weight is 408 g/mol. The van der Waals surface area contributed by atoms with Gasteiger partial charge in [0.25, 0.3) is 5.56 Å². The van der Waals surface area contributed by atoms with E-state index in [-0.39, 0.29) is 23.3 Å². The number of carbonyl (C=O) groups is 1. The van der Waals surface area contributed by atoms with Crippen molar-refractivity contribution in [1.29, 1.82) is 0 Å². The third-order valence-electron chi connectivity index (χ3n) is 5.08. The van der Waals surface area contributed by atoms with Crippen molar-refractivity contribution in [2.45, 2.75) is 50.2 Å². The Kier molecular flexibility index (Phi) is 6.00. The number of carbonyl (C=O) groups excluding carboxylic acids is 1. The van der Waals surface area contributed by atoms with Crippen LogP contribution in [0.3, 0.4) is 0 Å². The Morgan fingerprint density at radius 1 is 1.17 bits per heavy atom. The molecule has 0 atom stereocenters. The molecule has 1 aromatic heterocycles. The SMILES string of the molecule is CCCCc1ccc(NC(=O)CSc2nc3ccccc3c(=O)n2C2CC2)cc1. The van der Waals surface area contributed by atoms with Gasteiger partial charge in [-0.3, -0.25) is 14.2 Å². The van der Waals surface area contributed by atoms with E-state index in [0.717, 1.165) is 24.9 Å². The quantitative estimate of drug-likeness (QED) is 0.430. The Balaban J connectivity index is 1.44. The van der Waals surface area contributed by atoms with Gasteiger partial charge in [-0.15, -0.1) is 0 Å². The number of nitrogens with one attached hydrogen (secondary N) is 1. The highest BCUT2D eigenvalue weighted by molar-refractivity contribution is 7.99. The van der Waals surface area contributed by atoms with Gasteiger partial charge in [0.1, 0.15) is 0 Å². The standard InChI is InChI=1S/C23H25N3O2S/c1-2-3-6-16-9-11-17(12-10-16)24-21(27)15-29-23-25-20-8-5-4-7-19(20)22(28)26(23)18-13-14-18/h4-5,7-12,18H,2-3,6,13-15H2,1H3,(H,24,27). The molecular formula is C23H25N3O2S. The van der Waals surface area contributed by atoms with Gasteiger partial charge in [0.2, 0.25) is 5.91 Å². The highest BCUT2D eigenvalue weighted by Crippen LogP contribution is 2.36. The van der Waals surface area contributed by atoms with Gasteiger partial charge in [0.15, 0.2) is 5.16 Å². The summed E-state index contributed by atoms with van der Waals surface area (Å²) in [5.74, 6) is 0.121. The number of hydrogen-bond acceptors (Lipinski definition) is 4. The first kappa shape index (κ1) is 19.7. The Bertz CT molecular complexity index is 1070. The van der Waals surface area contributed by atoms with Crippen LogP contribution in [-0.2, 0) is 11.2 Å². The van der Waals surface area contributed by atoms with E-state index in [9.17, 15) is 9.59 Å².